The summed E-state index contributed by atoms with van der Waals surface area (Å²) in [7, 11) is 0. The zero-order valence-electron chi connectivity index (χ0n) is 12.8. The maximum absolute atomic E-state index is 6.17. The van der Waals surface area contributed by atoms with Gasteiger partial charge >= 0.3 is 0 Å². The Bertz CT molecular complexity index is 411. The van der Waals surface area contributed by atoms with Gasteiger partial charge in [-0.3, -0.25) is 0 Å². The molecule has 0 atom stereocenters. The van der Waals surface area contributed by atoms with E-state index in [9.17, 15) is 0 Å². The molecule has 0 aliphatic carbocycles. The Balaban J connectivity index is 1.71. The summed E-state index contributed by atoms with van der Waals surface area (Å²) in [5.41, 5.74) is 2.44. The fraction of sp³-hybridized carbons (Fsp3) is 0.647. The van der Waals surface area contributed by atoms with E-state index >= 15 is 0 Å². The number of nitrogens with one attached hydrogen (secondary N) is 1. The van der Waals surface area contributed by atoms with E-state index in [0.717, 1.165) is 17.1 Å². The van der Waals surface area contributed by atoms with Crippen LogP contribution in [0.4, 0.5) is 0 Å². The molecule has 1 N–H and O–H groups in total. The van der Waals surface area contributed by atoms with E-state index in [0.29, 0.717) is 6.04 Å². The second-order valence-corrected chi connectivity index (χ2v) is 6.34. The highest BCUT2D eigenvalue weighted by atomic mass is 35.5. The lowest BCUT2D eigenvalue weighted by Crippen LogP contribution is -2.42. The molecule has 0 amide bonds. The zero-order valence-corrected chi connectivity index (χ0v) is 13.5. The van der Waals surface area contributed by atoms with Gasteiger partial charge in [0.1, 0.15) is 0 Å². The molecule has 112 valence electrons. The lowest BCUT2D eigenvalue weighted by atomic mass is 10.0. The summed E-state index contributed by atoms with van der Waals surface area (Å²) in [6.07, 6.45) is 5.17. The Morgan fingerprint density at radius 3 is 2.70 bits per heavy atom. The predicted molar refractivity (Wildman–Crippen MR) is 87.4 cm³/mol. The molecule has 1 aromatic rings. The largest absolute Gasteiger partial charge is 0.310 e. The normalized spacial score (nSPS) is 17.6. The molecule has 2 rings (SSSR count). The quantitative estimate of drug-likeness (QED) is 0.853. The molecule has 0 radical (unpaired) electrons. The molecule has 2 nitrogen and oxygen atoms in total. The maximum Gasteiger partial charge on any atom is 0.0438 e. The lowest BCUT2D eigenvalue weighted by Gasteiger charge is -2.32. The van der Waals surface area contributed by atoms with Crippen LogP contribution in [-0.2, 0) is 6.54 Å². The van der Waals surface area contributed by atoms with Crippen LogP contribution in [0, 0.1) is 6.92 Å². The van der Waals surface area contributed by atoms with E-state index in [1.165, 1.54) is 50.9 Å². The van der Waals surface area contributed by atoms with E-state index in [1.54, 1.807) is 0 Å². The van der Waals surface area contributed by atoms with Gasteiger partial charge in [0.25, 0.3) is 0 Å². The predicted octanol–water partition coefficient (Wildman–Crippen LogP) is 4.00. The van der Waals surface area contributed by atoms with Gasteiger partial charge in [0.05, 0.1) is 0 Å². The molecule has 1 saturated heterocycles. The van der Waals surface area contributed by atoms with Gasteiger partial charge in [0.15, 0.2) is 0 Å². The van der Waals surface area contributed by atoms with Gasteiger partial charge in [0, 0.05) is 17.6 Å². The molecule has 1 heterocycles. The van der Waals surface area contributed by atoms with Crippen molar-refractivity contribution >= 4 is 11.6 Å². The van der Waals surface area contributed by atoms with Crippen molar-refractivity contribution in [3.8, 4) is 0 Å². The van der Waals surface area contributed by atoms with Crippen molar-refractivity contribution in [2.45, 2.75) is 52.1 Å². The smallest absolute Gasteiger partial charge is 0.0438 e. The van der Waals surface area contributed by atoms with Crippen molar-refractivity contribution in [1.29, 1.82) is 0 Å². The van der Waals surface area contributed by atoms with Crippen molar-refractivity contribution in [1.82, 2.24) is 10.2 Å². The standard InChI is InChI=1S/C17H27ClN2/c1-3-4-9-20-10-7-16(8-11-20)19-13-15-6-5-14(2)17(18)12-15/h5-6,12,16,19H,3-4,7-11,13H2,1-2H3. The lowest BCUT2D eigenvalue weighted by molar-refractivity contribution is 0.195. The average molecular weight is 295 g/mol. The molecule has 1 fully saturated rings. The number of unbranched alkanes of at least 4 members (excludes halogenated alkanes) is 1. The monoisotopic (exact) mass is 294 g/mol. The number of hydrogen-bond acceptors (Lipinski definition) is 2. The van der Waals surface area contributed by atoms with E-state index in [1.807, 2.05) is 6.92 Å². The molecule has 0 spiro atoms. The number of aryl methyl sites for hydroxylation is 1. The minimum absolute atomic E-state index is 0.660. The average Bonchev–Trinajstić information content (AvgIpc) is 2.47. The summed E-state index contributed by atoms with van der Waals surface area (Å²) >= 11 is 6.17. The number of nitrogens with zero attached hydrogens (tertiary/aromatic N) is 1. The number of halogens is 1. The van der Waals surface area contributed by atoms with Crippen molar-refractivity contribution in [2.75, 3.05) is 19.6 Å². The molecular formula is C17H27ClN2. The van der Waals surface area contributed by atoms with Gasteiger partial charge in [-0.2, -0.15) is 0 Å². The molecule has 20 heavy (non-hydrogen) atoms. The van der Waals surface area contributed by atoms with E-state index in [2.05, 4.69) is 35.3 Å². The van der Waals surface area contributed by atoms with Crippen LogP contribution in [0.1, 0.15) is 43.7 Å². The van der Waals surface area contributed by atoms with Crippen LogP contribution in [0.15, 0.2) is 18.2 Å². The van der Waals surface area contributed by atoms with Crippen molar-refractivity contribution in [3.05, 3.63) is 34.3 Å². The SMILES string of the molecule is CCCCN1CCC(NCc2ccc(C)c(Cl)c2)CC1. The summed E-state index contributed by atoms with van der Waals surface area (Å²) in [5.74, 6) is 0. The number of benzene rings is 1. The van der Waals surface area contributed by atoms with Crippen LogP contribution in [0.3, 0.4) is 0 Å². The van der Waals surface area contributed by atoms with Gasteiger partial charge in [-0.05, 0) is 63.0 Å². The Morgan fingerprint density at radius 1 is 1.30 bits per heavy atom. The van der Waals surface area contributed by atoms with Crippen LogP contribution in [-0.4, -0.2) is 30.6 Å². The van der Waals surface area contributed by atoms with E-state index in [4.69, 9.17) is 11.6 Å². The molecule has 0 unspecified atom stereocenters. The second-order valence-electron chi connectivity index (χ2n) is 5.93. The first kappa shape index (κ1) is 15.8. The second kappa shape index (κ2) is 8.02. The minimum atomic E-state index is 0.660. The molecule has 3 heteroatoms. The van der Waals surface area contributed by atoms with Crippen LogP contribution in [0.25, 0.3) is 0 Å². The van der Waals surface area contributed by atoms with Gasteiger partial charge in [0.2, 0.25) is 0 Å². The zero-order chi connectivity index (χ0) is 14.4. The fourth-order valence-corrected chi connectivity index (χ4v) is 2.95. The molecule has 1 aliphatic rings. The van der Waals surface area contributed by atoms with E-state index < -0.39 is 0 Å². The van der Waals surface area contributed by atoms with Gasteiger partial charge in [-0.1, -0.05) is 37.1 Å². The third kappa shape index (κ3) is 4.76. The highest BCUT2D eigenvalue weighted by Gasteiger charge is 2.17. The van der Waals surface area contributed by atoms with Crippen molar-refractivity contribution < 1.29 is 0 Å². The summed E-state index contributed by atoms with van der Waals surface area (Å²) in [5, 5.41) is 4.55. The highest BCUT2D eigenvalue weighted by molar-refractivity contribution is 6.31. The number of likely N-dealkylation sites (tertiary alicyclic amines) is 1. The Hall–Kier alpha value is -0.570. The Morgan fingerprint density at radius 2 is 2.05 bits per heavy atom. The van der Waals surface area contributed by atoms with Crippen molar-refractivity contribution in [2.24, 2.45) is 0 Å². The Kier molecular flexibility index (Phi) is 6.34. The van der Waals surface area contributed by atoms with Crippen LogP contribution in [0.5, 0.6) is 0 Å². The highest BCUT2D eigenvalue weighted by Crippen LogP contribution is 2.17. The number of hydrogen-bond donors (Lipinski definition) is 1. The summed E-state index contributed by atoms with van der Waals surface area (Å²) in [6.45, 7) is 9.00. The molecule has 1 aliphatic heterocycles. The van der Waals surface area contributed by atoms with Gasteiger partial charge < -0.3 is 10.2 Å². The molecule has 0 aromatic heterocycles. The van der Waals surface area contributed by atoms with Crippen molar-refractivity contribution in [3.63, 3.8) is 0 Å². The fourth-order valence-electron chi connectivity index (χ4n) is 2.75. The van der Waals surface area contributed by atoms with Crippen LogP contribution >= 0.6 is 11.6 Å². The number of piperidine rings is 1. The summed E-state index contributed by atoms with van der Waals surface area (Å²) < 4.78 is 0. The van der Waals surface area contributed by atoms with Crippen LogP contribution in [0.2, 0.25) is 5.02 Å². The Labute approximate surface area is 128 Å². The first-order chi connectivity index (χ1) is 9.69. The summed E-state index contributed by atoms with van der Waals surface area (Å²) in [6, 6.07) is 7.02. The third-order valence-corrected chi connectivity index (χ3v) is 4.65. The molecule has 1 aromatic carbocycles. The van der Waals surface area contributed by atoms with Gasteiger partial charge in [-0.25, -0.2) is 0 Å². The number of rotatable bonds is 6. The minimum Gasteiger partial charge on any atom is -0.310 e. The van der Waals surface area contributed by atoms with Crippen LogP contribution < -0.4 is 5.32 Å². The third-order valence-electron chi connectivity index (χ3n) is 4.25. The maximum atomic E-state index is 6.17. The molecule has 0 saturated carbocycles. The van der Waals surface area contributed by atoms with E-state index in [-0.39, 0.29) is 0 Å². The molecule has 0 bridgehead atoms. The summed E-state index contributed by atoms with van der Waals surface area (Å²) in [4.78, 5) is 2.60. The topological polar surface area (TPSA) is 15.3 Å². The molecular weight excluding hydrogens is 268 g/mol. The van der Waals surface area contributed by atoms with Gasteiger partial charge in [-0.15, -0.1) is 0 Å². The first-order valence-corrected chi connectivity index (χ1v) is 8.27. The first-order valence-electron chi connectivity index (χ1n) is 7.90.